The molecule has 0 aromatic heterocycles. The first-order chi connectivity index (χ1) is 5.59. The maximum absolute atomic E-state index is 12.9. The van der Waals surface area contributed by atoms with Crippen LogP contribution in [0.5, 0.6) is 0 Å². The van der Waals surface area contributed by atoms with Crippen LogP contribution in [0.3, 0.4) is 0 Å². The van der Waals surface area contributed by atoms with Gasteiger partial charge in [-0.1, -0.05) is 39.0 Å². The minimum atomic E-state index is -0.827. The van der Waals surface area contributed by atoms with Gasteiger partial charge >= 0.3 is 0 Å². The molecule has 70 valence electrons. The molecule has 0 spiro atoms. The summed E-state index contributed by atoms with van der Waals surface area (Å²) in [5.74, 6) is 0.298. The summed E-state index contributed by atoms with van der Waals surface area (Å²) < 4.78 is 12.9. The van der Waals surface area contributed by atoms with Crippen molar-refractivity contribution in [2.24, 2.45) is 5.92 Å². The Hall–Kier alpha value is -0.590. The molecule has 0 fully saturated rings. The van der Waals surface area contributed by atoms with E-state index in [0.717, 1.165) is 12.0 Å². The second kappa shape index (κ2) is 5.99. The van der Waals surface area contributed by atoms with E-state index in [1.54, 1.807) is 6.92 Å². The van der Waals surface area contributed by atoms with E-state index in [0.29, 0.717) is 5.92 Å². The van der Waals surface area contributed by atoms with Gasteiger partial charge in [-0.15, -0.1) is 0 Å². The van der Waals surface area contributed by atoms with Gasteiger partial charge in [0.25, 0.3) is 0 Å². The third-order valence-electron chi connectivity index (χ3n) is 1.79. The average molecular weight is 170 g/mol. The minimum absolute atomic E-state index is 0.298. The quantitative estimate of drug-likeness (QED) is 0.561. The van der Waals surface area contributed by atoms with Crippen molar-refractivity contribution in [3.63, 3.8) is 0 Å². The molecule has 0 aromatic carbocycles. The molecule has 0 amide bonds. The average Bonchev–Trinajstić information content (AvgIpc) is 1.96. The van der Waals surface area contributed by atoms with Crippen LogP contribution in [0.25, 0.3) is 0 Å². The van der Waals surface area contributed by atoms with Gasteiger partial charge in [-0.2, -0.15) is 0 Å². The zero-order valence-corrected chi connectivity index (χ0v) is 8.47. The zero-order valence-electron chi connectivity index (χ0n) is 8.47. The topological polar surface area (TPSA) is 0 Å². The van der Waals surface area contributed by atoms with Crippen molar-refractivity contribution in [1.29, 1.82) is 0 Å². The first kappa shape index (κ1) is 11.4. The lowest BCUT2D eigenvalue weighted by Crippen LogP contribution is -2.05. The number of allylic oxidation sites excluding steroid dienone is 4. The van der Waals surface area contributed by atoms with Crippen molar-refractivity contribution in [2.75, 3.05) is 0 Å². The summed E-state index contributed by atoms with van der Waals surface area (Å²) in [4.78, 5) is 0. The molecule has 0 bridgehead atoms. The molecule has 0 N–H and O–H groups in total. The third-order valence-corrected chi connectivity index (χ3v) is 1.79. The normalized spacial score (nSPS) is 16.0. The van der Waals surface area contributed by atoms with Crippen molar-refractivity contribution in [3.05, 3.63) is 23.8 Å². The first-order valence-corrected chi connectivity index (χ1v) is 4.60. The van der Waals surface area contributed by atoms with Gasteiger partial charge in [0, 0.05) is 0 Å². The molecule has 0 aliphatic heterocycles. The standard InChI is InChI=1S/C11H19F/c1-5-6-7-8-11(9(2)3)10(4)12/h6-10H,5H2,1-4H3/b7-6-,11-8-. The molecule has 1 unspecified atom stereocenters. The Morgan fingerprint density at radius 1 is 1.33 bits per heavy atom. The predicted octanol–water partition coefficient (Wildman–Crippen LogP) is 3.89. The monoisotopic (exact) mass is 170 g/mol. The summed E-state index contributed by atoms with van der Waals surface area (Å²) >= 11 is 0. The van der Waals surface area contributed by atoms with Crippen LogP contribution in [0.4, 0.5) is 4.39 Å². The molecule has 0 aromatic rings. The molecule has 0 radical (unpaired) electrons. The summed E-state index contributed by atoms with van der Waals surface area (Å²) in [6.07, 6.45) is 6.03. The fraction of sp³-hybridized carbons (Fsp3) is 0.636. The van der Waals surface area contributed by atoms with E-state index in [9.17, 15) is 4.39 Å². The smallest absolute Gasteiger partial charge is 0.119 e. The van der Waals surface area contributed by atoms with E-state index in [4.69, 9.17) is 0 Å². The molecular formula is C11H19F. The Bertz CT molecular complexity index is 154. The number of hydrogen-bond donors (Lipinski definition) is 0. The molecule has 1 heteroatoms. The Balaban J connectivity index is 4.29. The molecule has 0 saturated heterocycles. The van der Waals surface area contributed by atoms with Gasteiger partial charge in [0.2, 0.25) is 0 Å². The van der Waals surface area contributed by atoms with Gasteiger partial charge in [-0.05, 0) is 24.8 Å². The van der Waals surface area contributed by atoms with Crippen molar-refractivity contribution < 1.29 is 4.39 Å². The Kier molecular flexibility index (Phi) is 5.69. The molecular weight excluding hydrogens is 151 g/mol. The lowest BCUT2D eigenvalue weighted by atomic mass is 9.99. The maximum Gasteiger partial charge on any atom is 0.119 e. The molecule has 0 aliphatic rings. The van der Waals surface area contributed by atoms with E-state index in [1.165, 1.54) is 0 Å². The zero-order chi connectivity index (χ0) is 9.56. The van der Waals surface area contributed by atoms with Crippen molar-refractivity contribution in [1.82, 2.24) is 0 Å². The summed E-state index contributed by atoms with van der Waals surface area (Å²) in [5, 5.41) is 0. The predicted molar refractivity (Wildman–Crippen MR) is 52.9 cm³/mol. The highest BCUT2D eigenvalue weighted by atomic mass is 19.1. The van der Waals surface area contributed by atoms with E-state index in [-0.39, 0.29) is 0 Å². The van der Waals surface area contributed by atoms with Gasteiger partial charge in [-0.25, -0.2) is 4.39 Å². The number of halogens is 1. The maximum atomic E-state index is 12.9. The molecule has 12 heavy (non-hydrogen) atoms. The van der Waals surface area contributed by atoms with Gasteiger partial charge < -0.3 is 0 Å². The third kappa shape index (κ3) is 4.32. The van der Waals surface area contributed by atoms with Crippen LogP contribution in [0.15, 0.2) is 23.8 Å². The van der Waals surface area contributed by atoms with E-state index in [1.807, 2.05) is 32.1 Å². The number of rotatable bonds is 4. The molecule has 1 atom stereocenters. The molecule has 0 aliphatic carbocycles. The van der Waals surface area contributed by atoms with Crippen molar-refractivity contribution >= 4 is 0 Å². The Labute approximate surface area is 75.2 Å². The van der Waals surface area contributed by atoms with Crippen LogP contribution >= 0.6 is 0 Å². The van der Waals surface area contributed by atoms with Gasteiger partial charge in [0.15, 0.2) is 0 Å². The molecule has 0 heterocycles. The molecule has 0 saturated carbocycles. The molecule has 0 rings (SSSR count). The highest BCUT2D eigenvalue weighted by molar-refractivity contribution is 5.17. The second-order valence-corrected chi connectivity index (χ2v) is 3.27. The minimum Gasteiger partial charge on any atom is -0.243 e. The van der Waals surface area contributed by atoms with Gasteiger partial charge in [0.05, 0.1) is 0 Å². The van der Waals surface area contributed by atoms with Crippen LogP contribution in [-0.2, 0) is 0 Å². The Morgan fingerprint density at radius 3 is 2.25 bits per heavy atom. The van der Waals surface area contributed by atoms with E-state index < -0.39 is 6.17 Å². The van der Waals surface area contributed by atoms with Crippen LogP contribution in [0.2, 0.25) is 0 Å². The summed E-state index contributed by atoms with van der Waals surface area (Å²) in [5.41, 5.74) is 0.875. The van der Waals surface area contributed by atoms with Crippen LogP contribution in [0, 0.1) is 5.92 Å². The lowest BCUT2D eigenvalue weighted by Gasteiger charge is -2.11. The highest BCUT2D eigenvalue weighted by Gasteiger charge is 2.09. The lowest BCUT2D eigenvalue weighted by molar-refractivity contribution is 0.386. The van der Waals surface area contributed by atoms with E-state index in [2.05, 4.69) is 6.92 Å². The summed E-state index contributed by atoms with van der Waals surface area (Å²) in [6, 6.07) is 0. The largest absolute Gasteiger partial charge is 0.243 e. The fourth-order valence-electron chi connectivity index (χ4n) is 1.10. The van der Waals surface area contributed by atoms with Crippen LogP contribution < -0.4 is 0 Å². The van der Waals surface area contributed by atoms with Gasteiger partial charge in [0.1, 0.15) is 6.17 Å². The number of alkyl halides is 1. The highest BCUT2D eigenvalue weighted by Crippen LogP contribution is 2.16. The van der Waals surface area contributed by atoms with Crippen molar-refractivity contribution in [3.8, 4) is 0 Å². The Morgan fingerprint density at radius 2 is 1.92 bits per heavy atom. The number of hydrogen-bond acceptors (Lipinski definition) is 0. The first-order valence-electron chi connectivity index (χ1n) is 4.60. The SMILES string of the molecule is CC/C=C\C=C(\C(C)C)C(C)F. The van der Waals surface area contributed by atoms with E-state index >= 15 is 0 Å². The van der Waals surface area contributed by atoms with Gasteiger partial charge in [-0.3, -0.25) is 0 Å². The summed E-state index contributed by atoms with van der Waals surface area (Å²) in [6.45, 7) is 7.69. The van der Waals surface area contributed by atoms with Crippen LogP contribution in [0.1, 0.15) is 34.1 Å². The fourth-order valence-corrected chi connectivity index (χ4v) is 1.10. The molecule has 0 nitrogen and oxygen atoms in total. The summed E-state index contributed by atoms with van der Waals surface area (Å²) in [7, 11) is 0. The second-order valence-electron chi connectivity index (χ2n) is 3.27. The van der Waals surface area contributed by atoms with Crippen LogP contribution in [-0.4, -0.2) is 6.17 Å². The van der Waals surface area contributed by atoms with Crippen molar-refractivity contribution in [2.45, 2.75) is 40.3 Å².